The third-order valence-electron chi connectivity index (χ3n) is 3.95. The Morgan fingerprint density at radius 2 is 1.73 bits per heavy atom. The zero-order valence-electron chi connectivity index (χ0n) is 6.96. The Labute approximate surface area is 68.1 Å². The van der Waals surface area contributed by atoms with Gasteiger partial charge in [0.15, 0.2) is 0 Å². The highest BCUT2D eigenvalue weighted by Crippen LogP contribution is 2.49. The van der Waals surface area contributed by atoms with Crippen LogP contribution in [0.4, 0.5) is 0 Å². The summed E-state index contributed by atoms with van der Waals surface area (Å²) in [5.41, 5.74) is 0. The molecule has 4 unspecified atom stereocenters. The van der Waals surface area contributed by atoms with E-state index >= 15 is 0 Å². The Kier molecular flexibility index (Phi) is 1.31. The summed E-state index contributed by atoms with van der Waals surface area (Å²) in [4.78, 5) is 0. The lowest BCUT2D eigenvalue weighted by Gasteiger charge is -2.30. The predicted molar refractivity (Wildman–Crippen MR) is 43.3 cm³/mol. The van der Waals surface area contributed by atoms with Gasteiger partial charge >= 0.3 is 0 Å². The molecule has 62 valence electrons. The monoisotopic (exact) mass is 152 g/mol. The number of hydrogen-bond acceptors (Lipinski definition) is 1. The van der Waals surface area contributed by atoms with Gasteiger partial charge in [0.2, 0.25) is 0 Å². The molecule has 2 saturated carbocycles. The summed E-state index contributed by atoms with van der Waals surface area (Å²) in [5.74, 6) is 3.01. The molecule has 0 radical (unpaired) electrons. The Hall–Kier alpha value is -0.0400. The average molecular weight is 152 g/mol. The molecule has 3 fully saturated rings. The molecule has 3 rings (SSSR count). The second kappa shape index (κ2) is 2.22. The van der Waals surface area contributed by atoms with E-state index in [4.69, 9.17) is 4.74 Å². The highest BCUT2D eigenvalue weighted by Gasteiger charge is 2.44. The third kappa shape index (κ3) is 0.868. The number of fused-ring (bicyclic) bond motifs is 4. The Morgan fingerprint density at radius 1 is 0.909 bits per heavy atom. The fourth-order valence-electron chi connectivity index (χ4n) is 3.48. The summed E-state index contributed by atoms with van der Waals surface area (Å²) in [5, 5.41) is 0. The first-order valence-corrected chi connectivity index (χ1v) is 5.05. The zero-order valence-corrected chi connectivity index (χ0v) is 6.96. The highest BCUT2D eigenvalue weighted by molar-refractivity contribution is 4.94. The van der Waals surface area contributed by atoms with Crippen LogP contribution in [0.1, 0.15) is 32.1 Å². The van der Waals surface area contributed by atoms with Gasteiger partial charge in [-0.1, -0.05) is 6.42 Å². The van der Waals surface area contributed by atoms with Crippen molar-refractivity contribution in [2.45, 2.75) is 38.2 Å². The maximum absolute atomic E-state index is 5.79. The van der Waals surface area contributed by atoms with Crippen LogP contribution in [0.3, 0.4) is 0 Å². The van der Waals surface area contributed by atoms with Gasteiger partial charge in [0.25, 0.3) is 0 Å². The molecule has 2 bridgehead atoms. The van der Waals surface area contributed by atoms with E-state index in [0.29, 0.717) is 6.10 Å². The lowest BCUT2D eigenvalue weighted by Crippen LogP contribution is -2.29. The zero-order chi connectivity index (χ0) is 7.26. The summed E-state index contributed by atoms with van der Waals surface area (Å²) in [7, 11) is 0. The van der Waals surface area contributed by atoms with Gasteiger partial charge in [0.1, 0.15) is 0 Å². The minimum Gasteiger partial charge on any atom is -0.378 e. The topological polar surface area (TPSA) is 9.23 Å². The Morgan fingerprint density at radius 3 is 2.64 bits per heavy atom. The molecular formula is C10H16O. The Balaban J connectivity index is 1.85. The molecule has 3 aliphatic rings. The summed E-state index contributed by atoms with van der Waals surface area (Å²) >= 11 is 0. The standard InChI is InChI=1S/C10H16O/c1-2-8-5-7(1)6-9-3-4-11-10(8)9/h7-10H,1-6H2. The van der Waals surface area contributed by atoms with Crippen molar-refractivity contribution in [1.82, 2.24) is 0 Å². The van der Waals surface area contributed by atoms with Crippen molar-refractivity contribution in [3.05, 3.63) is 0 Å². The van der Waals surface area contributed by atoms with Gasteiger partial charge < -0.3 is 4.74 Å². The van der Waals surface area contributed by atoms with Crippen LogP contribution in [0.5, 0.6) is 0 Å². The Bertz CT molecular complexity index is 164. The van der Waals surface area contributed by atoms with Gasteiger partial charge in [0, 0.05) is 6.61 Å². The van der Waals surface area contributed by atoms with Crippen molar-refractivity contribution in [3.63, 3.8) is 0 Å². The normalized spacial score (nSPS) is 54.5. The molecule has 1 heteroatoms. The van der Waals surface area contributed by atoms with Gasteiger partial charge in [-0.25, -0.2) is 0 Å². The molecular weight excluding hydrogens is 136 g/mol. The van der Waals surface area contributed by atoms with Crippen LogP contribution < -0.4 is 0 Å². The van der Waals surface area contributed by atoms with Crippen LogP contribution in [0, 0.1) is 17.8 Å². The number of ether oxygens (including phenoxy) is 1. The molecule has 1 heterocycles. The highest BCUT2D eigenvalue weighted by atomic mass is 16.5. The molecule has 0 aromatic rings. The SMILES string of the molecule is C1CC2CC3CCC(C3)C2O1. The summed E-state index contributed by atoms with van der Waals surface area (Å²) in [6.07, 6.45) is 7.99. The van der Waals surface area contributed by atoms with Crippen LogP contribution in [0.15, 0.2) is 0 Å². The fraction of sp³-hybridized carbons (Fsp3) is 1.00. The first-order valence-electron chi connectivity index (χ1n) is 5.05. The maximum Gasteiger partial charge on any atom is 0.0632 e. The smallest absolute Gasteiger partial charge is 0.0632 e. The van der Waals surface area contributed by atoms with Gasteiger partial charge in [0.05, 0.1) is 6.10 Å². The quantitative estimate of drug-likeness (QED) is 0.517. The van der Waals surface area contributed by atoms with Crippen LogP contribution >= 0.6 is 0 Å². The largest absolute Gasteiger partial charge is 0.378 e. The molecule has 0 aromatic heterocycles. The van der Waals surface area contributed by atoms with E-state index in [1.54, 1.807) is 0 Å². The minimum atomic E-state index is 0.689. The molecule has 4 atom stereocenters. The van der Waals surface area contributed by atoms with E-state index in [1.165, 1.54) is 32.1 Å². The minimum absolute atomic E-state index is 0.689. The van der Waals surface area contributed by atoms with Crippen molar-refractivity contribution in [2.24, 2.45) is 17.8 Å². The maximum atomic E-state index is 5.79. The number of rotatable bonds is 0. The van der Waals surface area contributed by atoms with Gasteiger partial charge in [-0.15, -0.1) is 0 Å². The van der Waals surface area contributed by atoms with E-state index in [2.05, 4.69) is 0 Å². The van der Waals surface area contributed by atoms with Gasteiger partial charge in [-0.3, -0.25) is 0 Å². The van der Waals surface area contributed by atoms with Crippen LogP contribution in [-0.4, -0.2) is 12.7 Å². The van der Waals surface area contributed by atoms with Gasteiger partial charge in [-0.05, 0) is 43.4 Å². The van der Waals surface area contributed by atoms with Crippen LogP contribution in [0.25, 0.3) is 0 Å². The van der Waals surface area contributed by atoms with Gasteiger partial charge in [-0.2, -0.15) is 0 Å². The molecule has 1 saturated heterocycles. The van der Waals surface area contributed by atoms with Crippen LogP contribution in [-0.2, 0) is 4.74 Å². The molecule has 11 heavy (non-hydrogen) atoms. The van der Waals surface area contributed by atoms with E-state index in [-0.39, 0.29) is 0 Å². The second-order valence-corrected chi connectivity index (χ2v) is 4.56. The first-order chi connectivity index (χ1) is 5.43. The van der Waals surface area contributed by atoms with E-state index < -0.39 is 0 Å². The molecule has 1 aliphatic heterocycles. The molecule has 0 aromatic carbocycles. The van der Waals surface area contributed by atoms with Crippen molar-refractivity contribution in [3.8, 4) is 0 Å². The number of hydrogen-bond donors (Lipinski definition) is 0. The van der Waals surface area contributed by atoms with Crippen molar-refractivity contribution in [1.29, 1.82) is 0 Å². The van der Waals surface area contributed by atoms with Crippen molar-refractivity contribution >= 4 is 0 Å². The van der Waals surface area contributed by atoms with Crippen LogP contribution in [0.2, 0.25) is 0 Å². The lowest BCUT2D eigenvalue weighted by atomic mass is 9.78. The lowest BCUT2D eigenvalue weighted by molar-refractivity contribution is 0.0245. The first kappa shape index (κ1) is 6.47. The molecule has 0 amide bonds. The fourth-order valence-corrected chi connectivity index (χ4v) is 3.48. The molecule has 2 aliphatic carbocycles. The molecule has 0 N–H and O–H groups in total. The molecule has 1 nitrogen and oxygen atoms in total. The summed E-state index contributed by atoms with van der Waals surface area (Å²) < 4.78 is 5.79. The van der Waals surface area contributed by atoms with Crippen molar-refractivity contribution in [2.75, 3.05) is 6.61 Å². The molecule has 0 spiro atoms. The average Bonchev–Trinajstić information content (AvgIpc) is 2.58. The summed E-state index contributed by atoms with van der Waals surface area (Å²) in [6, 6.07) is 0. The van der Waals surface area contributed by atoms with E-state index in [9.17, 15) is 0 Å². The van der Waals surface area contributed by atoms with E-state index in [1.807, 2.05) is 0 Å². The predicted octanol–water partition coefficient (Wildman–Crippen LogP) is 2.21. The second-order valence-electron chi connectivity index (χ2n) is 4.56. The van der Waals surface area contributed by atoms with Crippen molar-refractivity contribution < 1.29 is 4.74 Å². The third-order valence-corrected chi connectivity index (χ3v) is 3.95. The van der Waals surface area contributed by atoms with E-state index in [0.717, 1.165) is 24.4 Å². The summed E-state index contributed by atoms with van der Waals surface area (Å²) in [6.45, 7) is 1.05.